The number of hydrogen-bond acceptors (Lipinski definition) is 1. The first kappa shape index (κ1) is 24.4. The van der Waals surface area contributed by atoms with Gasteiger partial charge < -0.3 is 4.42 Å². The molecule has 2 aromatic heterocycles. The molecule has 0 aliphatic heterocycles. The maximum Gasteiger partial charge on any atom is 0.216 e. The Kier molecular flexibility index (Phi) is 5.87. The first-order valence-electron chi connectivity index (χ1n) is 15.7. The van der Waals surface area contributed by atoms with Gasteiger partial charge in [-0.1, -0.05) is 68.4 Å². The summed E-state index contributed by atoms with van der Waals surface area (Å²) < 4.78 is 18.0. The number of para-hydroxylation sites is 1. The van der Waals surface area contributed by atoms with Crippen molar-refractivity contribution in [3.63, 3.8) is 0 Å². The molecule has 2 heteroatoms. The van der Waals surface area contributed by atoms with Crippen molar-refractivity contribution in [3.05, 3.63) is 90.1 Å². The minimum atomic E-state index is -0.459. The number of nitrogens with zero attached hydrogens (tertiary/aromatic N) is 1. The zero-order valence-corrected chi connectivity index (χ0v) is 24.5. The van der Waals surface area contributed by atoms with Gasteiger partial charge in [0.15, 0.2) is 6.20 Å². The Hall–Kier alpha value is -3.39. The Balaban J connectivity index is 1.18. The molecule has 0 radical (unpaired) electrons. The van der Waals surface area contributed by atoms with Gasteiger partial charge in [-0.15, -0.1) is 0 Å². The number of aryl methyl sites for hydroxylation is 2. The fraction of sp³-hybridized carbons (Fsp3) is 0.395. The van der Waals surface area contributed by atoms with Crippen LogP contribution < -0.4 is 4.57 Å². The Bertz CT molecular complexity index is 1740. The third-order valence-corrected chi connectivity index (χ3v) is 10.4. The predicted molar refractivity (Wildman–Crippen MR) is 166 cm³/mol. The van der Waals surface area contributed by atoms with Gasteiger partial charge in [-0.2, -0.15) is 0 Å². The molecule has 0 atom stereocenters. The Morgan fingerprint density at radius 1 is 0.800 bits per heavy atom. The average molecular weight is 530 g/mol. The van der Waals surface area contributed by atoms with E-state index in [0.29, 0.717) is 10.8 Å². The summed E-state index contributed by atoms with van der Waals surface area (Å²) >= 11 is 0. The van der Waals surface area contributed by atoms with E-state index in [-0.39, 0.29) is 0 Å². The Labute approximate surface area is 240 Å². The van der Waals surface area contributed by atoms with Gasteiger partial charge in [0, 0.05) is 24.3 Å². The largest absolute Gasteiger partial charge is 0.455 e. The fourth-order valence-corrected chi connectivity index (χ4v) is 7.43. The molecule has 2 heterocycles. The van der Waals surface area contributed by atoms with Crippen LogP contribution in [-0.2, 0) is 7.05 Å². The highest BCUT2D eigenvalue weighted by Gasteiger charge is 2.40. The maximum absolute atomic E-state index is 9.42. The van der Waals surface area contributed by atoms with Crippen LogP contribution in [0.25, 0.3) is 44.3 Å². The molecule has 3 aromatic carbocycles. The quantitative estimate of drug-likeness (QED) is 0.212. The lowest BCUT2D eigenvalue weighted by atomic mass is 9.58. The van der Waals surface area contributed by atoms with Gasteiger partial charge in [-0.3, -0.25) is 0 Å². The summed E-state index contributed by atoms with van der Waals surface area (Å²) in [6.45, 7) is 7.02. The first-order valence-corrected chi connectivity index (χ1v) is 15.2. The zero-order chi connectivity index (χ0) is 28.4. The Morgan fingerprint density at radius 2 is 1.52 bits per heavy atom. The number of pyridine rings is 1. The summed E-state index contributed by atoms with van der Waals surface area (Å²) in [7, 11) is 2.11. The normalized spacial score (nSPS) is 20.1. The van der Waals surface area contributed by atoms with Crippen LogP contribution in [0, 0.1) is 17.8 Å². The summed E-state index contributed by atoms with van der Waals surface area (Å²) in [5.41, 5.74) is 9.91. The minimum Gasteiger partial charge on any atom is -0.455 e. The highest BCUT2D eigenvalue weighted by molar-refractivity contribution is 6.09. The molecule has 2 saturated carbocycles. The standard InChI is InChI=1S/C38H42NO/c1-26-9-14-32-31-7-5-6-8-34(31)40-36(32)35(26)33-25-30(17-24-39(33)4)28-12-10-27(11-13-28)29-15-18-38(19-16-29)22-20-37(2,3)21-23-38/h5-14,17,24-25,29H,15-16,18-23H2,1-4H3/q+1/i29D. The molecular formula is C38H42NO+. The van der Waals surface area contributed by atoms with Crippen LogP contribution >= 0.6 is 0 Å². The summed E-state index contributed by atoms with van der Waals surface area (Å²) in [5.74, 6) is -0.459. The van der Waals surface area contributed by atoms with Crippen molar-refractivity contribution in [2.24, 2.45) is 17.9 Å². The lowest BCUT2D eigenvalue weighted by Crippen LogP contribution is -2.34. The number of aromatic nitrogens is 1. The second kappa shape index (κ2) is 9.61. The van der Waals surface area contributed by atoms with E-state index < -0.39 is 5.89 Å². The molecule has 7 rings (SSSR count). The molecule has 204 valence electrons. The lowest BCUT2D eigenvalue weighted by molar-refractivity contribution is -0.660. The number of benzene rings is 3. The van der Waals surface area contributed by atoms with Crippen LogP contribution in [0.1, 0.15) is 83.6 Å². The van der Waals surface area contributed by atoms with Gasteiger partial charge in [0.1, 0.15) is 18.2 Å². The minimum absolute atomic E-state index is 0.459. The summed E-state index contributed by atoms with van der Waals surface area (Å²) in [5, 5.41) is 2.31. The number of furan rings is 1. The van der Waals surface area contributed by atoms with Crippen LogP contribution in [0.15, 0.2) is 83.4 Å². The third-order valence-electron chi connectivity index (χ3n) is 10.4. The van der Waals surface area contributed by atoms with E-state index in [2.05, 4.69) is 99.2 Å². The van der Waals surface area contributed by atoms with Crippen LogP contribution in [0.2, 0.25) is 0 Å². The molecule has 5 aromatic rings. The van der Waals surface area contributed by atoms with E-state index in [9.17, 15) is 1.37 Å². The van der Waals surface area contributed by atoms with Gasteiger partial charge >= 0.3 is 0 Å². The van der Waals surface area contributed by atoms with E-state index >= 15 is 0 Å². The molecule has 0 bridgehead atoms. The molecule has 0 amide bonds. The van der Waals surface area contributed by atoms with Crippen molar-refractivity contribution >= 4 is 21.9 Å². The molecule has 2 fully saturated rings. The second-order valence-corrected chi connectivity index (χ2v) is 13.5. The highest BCUT2D eigenvalue weighted by atomic mass is 16.3. The summed E-state index contributed by atoms with van der Waals surface area (Å²) in [6, 6.07) is 26.1. The van der Waals surface area contributed by atoms with E-state index in [1.165, 1.54) is 60.8 Å². The van der Waals surface area contributed by atoms with Crippen molar-refractivity contribution in [3.8, 4) is 22.4 Å². The molecule has 2 nitrogen and oxygen atoms in total. The molecule has 0 saturated heterocycles. The molecule has 1 spiro atoms. The molecule has 2 aliphatic carbocycles. The highest BCUT2D eigenvalue weighted by Crippen LogP contribution is 2.54. The second-order valence-electron chi connectivity index (χ2n) is 13.5. The van der Waals surface area contributed by atoms with Crippen molar-refractivity contribution in [1.29, 1.82) is 0 Å². The molecule has 0 unspecified atom stereocenters. The molecule has 40 heavy (non-hydrogen) atoms. The summed E-state index contributed by atoms with van der Waals surface area (Å²) in [4.78, 5) is 0. The SMILES string of the molecule is [2H]C1(c2ccc(-c3cc[n+](C)c(-c4c(C)ccc5c4oc4ccccc45)c3)cc2)CCC2(CCC(C)(C)CC2)CC1. The van der Waals surface area contributed by atoms with Crippen molar-refractivity contribution in [2.75, 3.05) is 0 Å². The molecular weight excluding hydrogens is 486 g/mol. The van der Waals surface area contributed by atoms with Gasteiger partial charge in [0.25, 0.3) is 0 Å². The maximum atomic E-state index is 9.42. The monoisotopic (exact) mass is 529 g/mol. The van der Waals surface area contributed by atoms with Crippen molar-refractivity contribution in [2.45, 2.75) is 78.0 Å². The topological polar surface area (TPSA) is 17.0 Å². The smallest absolute Gasteiger partial charge is 0.216 e. The van der Waals surface area contributed by atoms with Crippen LogP contribution in [0.5, 0.6) is 0 Å². The van der Waals surface area contributed by atoms with Crippen LogP contribution in [0.4, 0.5) is 0 Å². The zero-order valence-electron chi connectivity index (χ0n) is 25.5. The number of rotatable bonds is 3. The summed E-state index contributed by atoms with van der Waals surface area (Å²) in [6.07, 6.45) is 11.9. The number of hydrogen-bond donors (Lipinski definition) is 0. The van der Waals surface area contributed by atoms with Gasteiger partial charge in [0.2, 0.25) is 5.69 Å². The van der Waals surface area contributed by atoms with E-state index in [1.54, 1.807) is 0 Å². The van der Waals surface area contributed by atoms with Crippen LogP contribution in [-0.4, -0.2) is 0 Å². The van der Waals surface area contributed by atoms with Gasteiger partial charge in [-0.05, 0) is 103 Å². The molecule has 0 N–H and O–H groups in total. The van der Waals surface area contributed by atoms with E-state index in [4.69, 9.17) is 4.42 Å². The van der Waals surface area contributed by atoms with E-state index in [1.807, 2.05) is 12.1 Å². The number of fused-ring (bicyclic) bond motifs is 3. The predicted octanol–water partition coefficient (Wildman–Crippen LogP) is 10.3. The average Bonchev–Trinajstić information content (AvgIpc) is 3.36. The fourth-order valence-electron chi connectivity index (χ4n) is 7.43. The third kappa shape index (κ3) is 4.46. The van der Waals surface area contributed by atoms with E-state index in [0.717, 1.165) is 46.0 Å². The van der Waals surface area contributed by atoms with Crippen LogP contribution in [0.3, 0.4) is 0 Å². The van der Waals surface area contributed by atoms with Crippen molar-refractivity contribution in [1.82, 2.24) is 0 Å². The van der Waals surface area contributed by atoms with Gasteiger partial charge in [-0.25, -0.2) is 4.57 Å². The Morgan fingerprint density at radius 3 is 2.27 bits per heavy atom. The van der Waals surface area contributed by atoms with Gasteiger partial charge in [0.05, 0.1) is 5.56 Å². The lowest BCUT2D eigenvalue weighted by Gasteiger charge is -2.47. The van der Waals surface area contributed by atoms with Crippen molar-refractivity contribution < 1.29 is 10.4 Å². The molecule has 2 aliphatic rings. The first-order chi connectivity index (χ1) is 19.7.